The molecule has 0 unspecified atom stereocenters. The minimum absolute atomic E-state index is 0. The van der Waals surface area contributed by atoms with E-state index in [0.29, 0.717) is 0 Å². The van der Waals surface area contributed by atoms with Gasteiger partial charge in [-0.25, -0.2) is 23.3 Å². The van der Waals surface area contributed by atoms with E-state index in [0.717, 1.165) is 38.5 Å². The minimum Gasteiger partial charge on any atom is -0.269 e. The summed E-state index contributed by atoms with van der Waals surface area (Å²) in [5.41, 5.74) is 5.56. The SMILES string of the molecule is F.F.[C-]1=C(CCc2ccccc2)C=CC1.[C-]1=C(CCc2ccccc2)C=CC1.[Zr+2]. The molecule has 0 amide bonds. The number of hydrogen-bond donors (Lipinski definition) is 0. The Balaban J connectivity index is 0.000000490. The van der Waals surface area contributed by atoms with E-state index >= 15 is 0 Å². The molecule has 0 fully saturated rings. The van der Waals surface area contributed by atoms with E-state index in [-0.39, 0.29) is 35.6 Å². The van der Waals surface area contributed by atoms with E-state index in [1.807, 2.05) is 0 Å². The molecule has 0 heterocycles. The smallest absolute Gasteiger partial charge is 0.269 e. The molecule has 0 aromatic heterocycles. The molecule has 2 aromatic carbocycles. The van der Waals surface area contributed by atoms with Crippen LogP contribution in [0.5, 0.6) is 0 Å². The molecule has 0 radical (unpaired) electrons. The van der Waals surface area contributed by atoms with Crippen LogP contribution in [0.1, 0.15) is 36.8 Å². The van der Waals surface area contributed by atoms with Gasteiger partial charge in [0, 0.05) is 0 Å². The molecule has 0 N–H and O–H groups in total. The fourth-order valence-corrected chi connectivity index (χ4v) is 3.09. The van der Waals surface area contributed by atoms with Crippen LogP contribution >= 0.6 is 0 Å². The van der Waals surface area contributed by atoms with E-state index in [1.54, 1.807) is 0 Å². The summed E-state index contributed by atoms with van der Waals surface area (Å²) in [5.74, 6) is 0. The van der Waals surface area contributed by atoms with Crippen molar-refractivity contribution in [3.63, 3.8) is 0 Å². The van der Waals surface area contributed by atoms with E-state index in [2.05, 4.69) is 97.1 Å². The third kappa shape index (κ3) is 10.5. The zero-order valence-corrected chi connectivity index (χ0v) is 19.1. The molecule has 0 spiro atoms. The van der Waals surface area contributed by atoms with Crippen LogP contribution in [0.4, 0.5) is 9.41 Å². The summed E-state index contributed by atoms with van der Waals surface area (Å²) in [5, 5.41) is 0. The number of halogens is 2. The maximum Gasteiger partial charge on any atom is 2.00 e. The van der Waals surface area contributed by atoms with Crippen molar-refractivity contribution < 1.29 is 35.6 Å². The fourth-order valence-electron chi connectivity index (χ4n) is 3.09. The van der Waals surface area contributed by atoms with Crippen molar-refractivity contribution in [2.75, 3.05) is 0 Å². The van der Waals surface area contributed by atoms with Crippen LogP contribution < -0.4 is 0 Å². The van der Waals surface area contributed by atoms with Crippen molar-refractivity contribution >= 4 is 0 Å². The third-order valence-corrected chi connectivity index (χ3v) is 4.58. The van der Waals surface area contributed by atoms with Crippen LogP contribution in [0.2, 0.25) is 0 Å². The van der Waals surface area contributed by atoms with E-state index in [4.69, 9.17) is 0 Å². The van der Waals surface area contributed by atoms with Crippen molar-refractivity contribution in [2.45, 2.75) is 38.5 Å². The van der Waals surface area contributed by atoms with Gasteiger partial charge in [-0.15, -0.1) is 12.8 Å². The maximum absolute atomic E-state index is 3.33. The average Bonchev–Trinajstić information content (AvgIpc) is 3.41. The fraction of sp³-hybridized carbons (Fsp3) is 0.231. The first-order valence-corrected chi connectivity index (χ1v) is 9.50. The standard InChI is InChI=1S/2C13H13.2FH.Zr/c2*1-2-6-12(7-3-1)10-11-13-8-4-5-9-13;;;/h2*1-4,6-8H,5,10-11H2;2*1H;/q2*-1;;;+2. The maximum atomic E-state index is 3.33. The zero-order chi connectivity index (χ0) is 17.9. The second kappa shape index (κ2) is 16.0. The predicted octanol–water partition coefficient (Wildman–Crippen LogP) is 6.92. The number of aryl methyl sites for hydroxylation is 2. The van der Waals surface area contributed by atoms with Crippen molar-refractivity contribution in [3.8, 4) is 0 Å². The Kier molecular flexibility index (Phi) is 15.0. The quantitative estimate of drug-likeness (QED) is 0.403. The van der Waals surface area contributed by atoms with E-state index in [9.17, 15) is 0 Å². The third-order valence-electron chi connectivity index (χ3n) is 4.58. The van der Waals surface area contributed by atoms with Gasteiger partial charge in [-0.2, -0.15) is 12.2 Å². The van der Waals surface area contributed by atoms with Gasteiger partial charge in [0.05, 0.1) is 0 Å². The van der Waals surface area contributed by atoms with Gasteiger partial charge in [0.1, 0.15) is 0 Å². The molecule has 4 rings (SSSR count). The second-order valence-electron chi connectivity index (χ2n) is 6.59. The predicted molar refractivity (Wildman–Crippen MR) is 116 cm³/mol. The van der Waals surface area contributed by atoms with Gasteiger partial charge in [-0.1, -0.05) is 73.5 Å². The molecule has 150 valence electrons. The number of benzene rings is 2. The summed E-state index contributed by atoms with van der Waals surface area (Å²) in [6.45, 7) is 0. The molecule has 29 heavy (non-hydrogen) atoms. The van der Waals surface area contributed by atoms with Gasteiger partial charge in [-0.05, 0) is 24.0 Å². The normalized spacial score (nSPS) is 13.1. The molecule has 0 bridgehead atoms. The Morgan fingerprint density at radius 3 is 1.24 bits per heavy atom. The Bertz CT molecular complexity index is 720. The Morgan fingerprint density at radius 2 is 0.931 bits per heavy atom. The Labute approximate surface area is 193 Å². The molecule has 0 nitrogen and oxygen atoms in total. The van der Waals surface area contributed by atoms with E-state index < -0.39 is 0 Å². The van der Waals surface area contributed by atoms with Crippen molar-refractivity contribution in [1.29, 1.82) is 0 Å². The van der Waals surface area contributed by atoms with Crippen molar-refractivity contribution in [3.05, 3.63) is 119 Å². The van der Waals surface area contributed by atoms with Gasteiger partial charge in [0.2, 0.25) is 0 Å². The van der Waals surface area contributed by atoms with Crippen LogP contribution in [-0.2, 0) is 39.0 Å². The van der Waals surface area contributed by atoms with Gasteiger partial charge in [-0.3, -0.25) is 21.6 Å². The van der Waals surface area contributed by atoms with Crippen LogP contribution in [0.25, 0.3) is 0 Å². The van der Waals surface area contributed by atoms with Gasteiger partial charge < -0.3 is 0 Å². The Hall–Kier alpha value is -1.86. The average molecular weight is 470 g/mol. The van der Waals surface area contributed by atoms with Gasteiger partial charge >= 0.3 is 26.2 Å². The van der Waals surface area contributed by atoms with Crippen LogP contribution in [0.3, 0.4) is 0 Å². The molecular formula is C26H28F2Zr. The number of hydrogen-bond acceptors (Lipinski definition) is 0. The molecule has 0 atom stereocenters. The first-order valence-electron chi connectivity index (χ1n) is 9.50. The summed E-state index contributed by atoms with van der Waals surface area (Å²) in [6.07, 6.45) is 21.9. The molecule has 0 aliphatic heterocycles. The first kappa shape index (κ1) is 27.1. The number of rotatable bonds is 6. The summed E-state index contributed by atoms with van der Waals surface area (Å²) in [7, 11) is 0. The molecule has 2 aromatic rings. The largest absolute Gasteiger partial charge is 2.00 e. The van der Waals surface area contributed by atoms with Crippen LogP contribution in [-0.4, -0.2) is 0 Å². The molecule has 0 saturated carbocycles. The first-order chi connectivity index (χ1) is 12.9. The van der Waals surface area contributed by atoms with Gasteiger partial charge in [0.15, 0.2) is 0 Å². The summed E-state index contributed by atoms with van der Waals surface area (Å²) in [6, 6.07) is 21.2. The summed E-state index contributed by atoms with van der Waals surface area (Å²) < 4.78 is 0. The molecule has 2 aliphatic rings. The Morgan fingerprint density at radius 1 is 0.552 bits per heavy atom. The zero-order valence-electron chi connectivity index (χ0n) is 16.6. The van der Waals surface area contributed by atoms with Crippen LogP contribution in [0, 0.1) is 12.2 Å². The van der Waals surface area contributed by atoms with Crippen molar-refractivity contribution in [2.24, 2.45) is 0 Å². The number of allylic oxidation sites excluding steroid dienone is 8. The monoisotopic (exact) mass is 468 g/mol. The van der Waals surface area contributed by atoms with Crippen molar-refractivity contribution in [1.82, 2.24) is 0 Å². The van der Waals surface area contributed by atoms with Crippen LogP contribution in [0.15, 0.2) is 96.1 Å². The molecular weight excluding hydrogens is 442 g/mol. The molecule has 0 saturated heterocycles. The second-order valence-corrected chi connectivity index (χ2v) is 6.59. The minimum atomic E-state index is 0. The van der Waals surface area contributed by atoms with Gasteiger partial charge in [0.25, 0.3) is 0 Å². The molecule has 2 aliphatic carbocycles. The molecule has 3 heteroatoms. The van der Waals surface area contributed by atoms with E-state index in [1.165, 1.54) is 22.3 Å². The summed E-state index contributed by atoms with van der Waals surface area (Å²) >= 11 is 0. The summed E-state index contributed by atoms with van der Waals surface area (Å²) in [4.78, 5) is 0. The topological polar surface area (TPSA) is 0 Å².